The Morgan fingerprint density at radius 1 is 1.35 bits per heavy atom. The van der Waals surface area contributed by atoms with E-state index in [1.54, 1.807) is 25.2 Å². The largest absolute Gasteiger partial charge is 0.327 e. The third kappa shape index (κ3) is 4.19. The van der Waals surface area contributed by atoms with E-state index in [2.05, 4.69) is 0 Å². The second kappa shape index (κ2) is 6.89. The molecule has 0 spiro atoms. The second-order valence-electron chi connectivity index (χ2n) is 5.46. The van der Waals surface area contributed by atoms with Crippen molar-refractivity contribution >= 4 is 21.6 Å². The number of halogens is 1. The predicted molar refractivity (Wildman–Crippen MR) is 83.4 cm³/mol. The van der Waals surface area contributed by atoms with Crippen LogP contribution in [0.25, 0.3) is 0 Å². The highest BCUT2D eigenvalue weighted by Crippen LogP contribution is 2.25. The Morgan fingerprint density at radius 3 is 2.50 bits per heavy atom. The van der Waals surface area contributed by atoms with Crippen LogP contribution in [-0.4, -0.2) is 32.4 Å². The molecule has 0 aliphatic heterocycles. The first-order valence-corrected chi connectivity index (χ1v) is 8.46. The van der Waals surface area contributed by atoms with Gasteiger partial charge < -0.3 is 5.73 Å². The van der Waals surface area contributed by atoms with Crippen molar-refractivity contribution in [3.05, 3.63) is 28.8 Å². The maximum Gasteiger partial charge on any atom is 0.244 e. The highest BCUT2D eigenvalue weighted by molar-refractivity contribution is 7.89. The molecular weight excluding hydrogens is 296 g/mol. The van der Waals surface area contributed by atoms with Crippen LogP contribution in [0.1, 0.15) is 25.8 Å². The summed E-state index contributed by atoms with van der Waals surface area (Å²) in [6, 6.07) is 4.98. The maximum atomic E-state index is 12.5. The van der Waals surface area contributed by atoms with E-state index in [9.17, 15) is 8.42 Å². The van der Waals surface area contributed by atoms with Crippen LogP contribution in [0.2, 0.25) is 5.02 Å². The molecule has 2 N–H and O–H groups in total. The van der Waals surface area contributed by atoms with Crippen LogP contribution in [0, 0.1) is 12.8 Å². The van der Waals surface area contributed by atoms with Crippen molar-refractivity contribution in [2.24, 2.45) is 11.7 Å². The summed E-state index contributed by atoms with van der Waals surface area (Å²) in [5.41, 5.74) is 6.81. The van der Waals surface area contributed by atoms with E-state index in [-0.39, 0.29) is 16.0 Å². The molecule has 1 unspecified atom stereocenters. The van der Waals surface area contributed by atoms with Crippen LogP contribution >= 0.6 is 11.6 Å². The highest BCUT2D eigenvalue weighted by Gasteiger charge is 2.24. The quantitative estimate of drug-likeness (QED) is 0.877. The van der Waals surface area contributed by atoms with Crippen molar-refractivity contribution in [1.82, 2.24) is 4.31 Å². The summed E-state index contributed by atoms with van der Waals surface area (Å²) in [5.74, 6) is 0.327. The van der Waals surface area contributed by atoms with Gasteiger partial charge in [-0.15, -0.1) is 0 Å². The van der Waals surface area contributed by atoms with E-state index < -0.39 is 10.0 Å². The third-order valence-electron chi connectivity index (χ3n) is 3.41. The van der Waals surface area contributed by atoms with E-state index in [0.717, 1.165) is 5.56 Å². The van der Waals surface area contributed by atoms with Crippen LogP contribution in [0.15, 0.2) is 23.1 Å². The number of aryl methyl sites for hydroxylation is 1. The lowest BCUT2D eigenvalue weighted by Gasteiger charge is -2.21. The van der Waals surface area contributed by atoms with Gasteiger partial charge in [-0.3, -0.25) is 0 Å². The van der Waals surface area contributed by atoms with E-state index >= 15 is 0 Å². The van der Waals surface area contributed by atoms with Gasteiger partial charge in [0, 0.05) is 19.6 Å². The van der Waals surface area contributed by atoms with E-state index in [1.165, 1.54) is 4.31 Å². The number of nitrogens with zero attached hydrogens (tertiary/aromatic N) is 1. The Hall–Kier alpha value is -0.620. The Labute approximate surface area is 127 Å². The molecule has 0 amide bonds. The summed E-state index contributed by atoms with van der Waals surface area (Å²) in [6.45, 7) is 6.27. The number of sulfonamides is 1. The summed E-state index contributed by atoms with van der Waals surface area (Å²) in [5, 5.41) is 0.246. The zero-order valence-electron chi connectivity index (χ0n) is 12.4. The summed E-state index contributed by atoms with van der Waals surface area (Å²) in [4.78, 5) is 0.153. The summed E-state index contributed by atoms with van der Waals surface area (Å²) < 4.78 is 26.3. The molecule has 0 saturated carbocycles. The fourth-order valence-corrected chi connectivity index (χ4v) is 3.50. The average Bonchev–Trinajstić information content (AvgIpc) is 2.37. The molecule has 0 bridgehead atoms. The molecule has 4 nitrogen and oxygen atoms in total. The van der Waals surface area contributed by atoms with Crippen LogP contribution in [0.4, 0.5) is 0 Å². The van der Waals surface area contributed by atoms with Crippen molar-refractivity contribution in [3.63, 3.8) is 0 Å². The van der Waals surface area contributed by atoms with Crippen molar-refractivity contribution < 1.29 is 8.42 Å². The summed E-state index contributed by atoms with van der Waals surface area (Å²) in [7, 11) is -2.01. The van der Waals surface area contributed by atoms with Crippen molar-refractivity contribution in [2.75, 3.05) is 13.6 Å². The number of hydrogen-bond acceptors (Lipinski definition) is 3. The molecule has 0 fully saturated rings. The lowest BCUT2D eigenvalue weighted by Crippen LogP contribution is -2.34. The first kappa shape index (κ1) is 17.4. The standard InChI is InChI=1S/C14H23ClN2O2S/c1-10(2)13(16)7-8-17(4)20(18,19)14-9-11(3)5-6-12(14)15/h5-6,9-10,13H,7-8,16H2,1-4H3. The summed E-state index contributed by atoms with van der Waals surface area (Å²) >= 11 is 6.01. The van der Waals surface area contributed by atoms with Crippen LogP contribution in [0.3, 0.4) is 0 Å². The molecule has 114 valence electrons. The second-order valence-corrected chi connectivity index (χ2v) is 7.88. The highest BCUT2D eigenvalue weighted by atomic mass is 35.5. The zero-order valence-corrected chi connectivity index (χ0v) is 14.0. The van der Waals surface area contributed by atoms with Gasteiger partial charge in [0.1, 0.15) is 4.90 Å². The average molecular weight is 319 g/mol. The van der Waals surface area contributed by atoms with Gasteiger partial charge in [0.25, 0.3) is 0 Å². The van der Waals surface area contributed by atoms with Crippen molar-refractivity contribution in [2.45, 2.75) is 38.1 Å². The van der Waals surface area contributed by atoms with Gasteiger partial charge in [-0.1, -0.05) is 31.5 Å². The molecule has 0 heterocycles. The first-order valence-electron chi connectivity index (χ1n) is 6.64. The molecule has 20 heavy (non-hydrogen) atoms. The van der Waals surface area contributed by atoms with Crippen LogP contribution in [-0.2, 0) is 10.0 Å². The van der Waals surface area contributed by atoms with E-state index in [0.29, 0.717) is 18.9 Å². The van der Waals surface area contributed by atoms with Crippen molar-refractivity contribution in [1.29, 1.82) is 0 Å². The maximum absolute atomic E-state index is 12.5. The van der Waals surface area contributed by atoms with Gasteiger partial charge in [0.05, 0.1) is 5.02 Å². The Morgan fingerprint density at radius 2 is 1.95 bits per heavy atom. The van der Waals surface area contributed by atoms with Gasteiger partial charge in [0.2, 0.25) is 10.0 Å². The lowest BCUT2D eigenvalue weighted by molar-refractivity contribution is 0.397. The molecule has 1 aromatic carbocycles. The molecule has 1 aromatic rings. The van der Waals surface area contributed by atoms with Gasteiger partial charge >= 0.3 is 0 Å². The number of rotatable bonds is 6. The monoisotopic (exact) mass is 318 g/mol. The van der Waals surface area contributed by atoms with E-state index in [1.807, 2.05) is 20.8 Å². The number of hydrogen-bond donors (Lipinski definition) is 1. The van der Waals surface area contributed by atoms with Gasteiger partial charge in [0.15, 0.2) is 0 Å². The molecule has 0 saturated heterocycles. The topological polar surface area (TPSA) is 63.4 Å². The molecule has 1 rings (SSSR count). The fraction of sp³-hybridized carbons (Fsp3) is 0.571. The molecule has 0 aliphatic rings. The lowest BCUT2D eigenvalue weighted by atomic mass is 10.0. The van der Waals surface area contributed by atoms with Gasteiger partial charge in [-0.25, -0.2) is 12.7 Å². The van der Waals surface area contributed by atoms with Crippen LogP contribution < -0.4 is 5.73 Å². The molecule has 6 heteroatoms. The minimum absolute atomic E-state index is 0.0133. The van der Waals surface area contributed by atoms with Gasteiger partial charge in [-0.05, 0) is 37.0 Å². The minimum Gasteiger partial charge on any atom is -0.327 e. The minimum atomic E-state index is -3.57. The SMILES string of the molecule is Cc1ccc(Cl)c(S(=O)(=O)N(C)CCC(N)C(C)C)c1. The fourth-order valence-electron chi connectivity index (χ4n) is 1.76. The van der Waals surface area contributed by atoms with Crippen LogP contribution in [0.5, 0.6) is 0 Å². The molecule has 0 aromatic heterocycles. The first-order chi connectivity index (χ1) is 9.16. The summed E-state index contributed by atoms with van der Waals surface area (Å²) in [6.07, 6.45) is 0.622. The molecule has 1 atom stereocenters. The normalized spacial score (nSPS) is 14.0. The smallest absolute Gasteiger partial charge is 0.244 e. The van der Waals surface area contributed by atoms with Crippen molar-refractivity contribution in [3.8, 4) is 0 Å². The van der Waals surface area contributed by atoms with Gasteiger partial charge in [-0.2, -0.15) is 0 Å². The Balaban J connectivity index is 2.90. The Bertz CT molecular complexity index is 558. The Kier molecular flexibility index (Phi) is 6.01. The zero-order chi connectivity index (χ0) is 15.5. The van der Waals surface area contributed by atoms with E-state index in [4.69, 9.17) is 17.3 Å². The molecule has 0 aliphatic carbocycles. The molecule has 0 radical (unpaired) electrons. The number of benzene rings is 1. The third-order valence-corrected chi connectivity index (χ3v) is 5.75. The predicted octanol–water partition coefficient (Wildman–Crippen LogP) is 2.64. The number of nitrogens with two attached hydrogens (primary N) is 1. The molecular formula is C14H23ClN2O2S.